The van der Waals surface area contributed by atoms with E-state index in [-0.39, 0.29) is 25.0 Å². The molecule has 5 nitrogen and oxygen atoms in total. The van der Waals surface area contributed by atoms with Gasteiger partial charge in [-0.15, -0.1) is 0 Å². The fourth-order valence-electron chi connectivity index (χ4n) is 1.93. The van der Waals surface area contributed by atoms with Crippen molar-refractivity contribution in [3.63, 3.8) is 0 Å². The second-order valence-corrected chi connectivity index (χ2v) is 4.89. The number of carbonyl (C=O) groups excluding carboxylic acids is 1. The van der Waals surface area contributed by atoms with E-state index < -0.39 is 41.5 Å². The number of hydrogen-bond acceptors (Lipinski definition) is 3. The van der Waals surface area contributed by atoms with Crippen LogP contribution in [0.3, 0.4) is 0 Å². The number of hydrogen-bond donors (Lipinski definition) is 2. The molecule has 0 saturated heterocycles. The molecule has 1 rings (SSSR count). The van der Waals surface area contributed by atoms with Crippen molar-refractivity contribution in [2.24, 2.45) is 0 Å². The Bertz CT molecular complexity index is 637. The monoisotopic (exact) mass is 367 g/mol. The van der Waals surface area contributed by atoms with Crippen LogP contribution in [0.15, 0.2) is 24.8 Å². The van der Waals surface area contributed by atoms with Crippen LogP contribution in [0.25, 0.3) is 0 Å². The highest BCUT2D eigenvalue weighted by atomic mass is 19.4. The minimum absolute atomic E-state index is 0.159. The van der Waals surface area contributed by atoms with Crippen LogP contribution < -0.4 is 5.32 Å². The highest BCUT2D eigenvalue weighted by Crippen LogP contribution is 2.34. The summed E-state index contributed by atoms with van der Waals surface area (Å²) in [4.78, 5) is 22.4. The molecule has 138 valence electrons. The summed E-state index contributed by atoms with van der Waals surface area (Å²) in [5.41, 5.74) is -2.20. The van der Waals surface area contributed by atoms with Gasteiger partial charge in [0.15, 0.2) is 0 Å². The van der Waals surface area contributed by atoms with Crippen LogP contribution in [0.5, 0.6) is 0 Å². The molecular formula is C15H14F5NO4. The molecule has 25 heavy (non-hydrogen) atoms. The molecule has 0 heterocycles. The van der Waals surface area contributed by atoms with Gasteiger partial charge in [-0.3, -0.25) is 0 Å². The van der Waals surface area contributed by atoms with Gasteiger partial charge in [0.05, 0.1) is 0 Å². The molecule has 0 spiro atoms. The zero-order valence-corrected chi connectivity index (χ0v) is 12.7. The van der Waals surface area contributed by atoms with Gasteiger partial charge in [-0.2, -0.15) is 13.2 Å². The third kappa shape index (κ3) is 6.05. The second kappa shape index (κ2) is 8.45. The number of carbonyl (C=O) groups is 2. The van der Waals surface area contributed by atoms with E-state index in [1.807, 2.05) is 5.32 Å². The molecule has 0 aliphatic heterocycles. The van der Waals surface area contributed by atoms with Crippen molar-refractivity contribution in [2.75, 3.05) is 6.61 Å². The molecule has 0 saturated carbocycles. The van der Waals surface area contributed by atoms with Crippen molar-refractivity contribution in [1.82, 2.24) is 5.32 Å². The third-order valence-corrected chi connectivity index (χ3v) is 3.03. The molecule has 10 heteroatoms. The first-order valence-electron chi connectivity index (χ1n) is 6.88. The van der Waals surface area contributed by atoms with Crippen LogP contribution >= 0.6 is 0 Å². The number of alkyl halides is 3. The quantitative estimate of drug-likeness (QED) is 0.573. The molecule has 0 radical (unpaired) electrons. The van der Waals surface area contributed by atoms with Gasteiger partial charge in [0.1, 0.15) is 29.8 Å². The Morgan fingerprint density at radius 1 is 1.28 bits per heavy atom. The Hall–Kier alpha value is -2.65. The SMILES string of the molecule is C=CCOC(=O)NC(CCc1cc(F)c(C(F)(F)F)c(F)c1)C(=O)O. The highest BCUT2D eigenvalue weighted by molar-refractivity contribution is 5.79. The number of carboxylic acid groups (broad SMARTS) is 1. The van der Waals surface area contributed by atoms with Gasteiger partial charge in [0, 0.05) is 0 Å². The molecular weight excluding hydrogens is 353 g/mol. The van der Waals surface area contributed by atoms with Crippen LogP contribution in [-0.4, -0.2) is 29.8 Å². The molecule has 0 aromatic heterocycles. The molecule has 1 aromatic rings. The molecule has 0 aliphatic rings. The van der Waals surface area contributed by atoms with Gasteiger partial charge in [-0.05, 0) is 30.5 Å². The van der Waals surface area contributed by atoms with Crippen LogP contribution in [-0.2, 0) is 22.1 Å². The van der Waals surface area contributed by atoms with Gasteiger partial charge >= 0.3 is 18.2 Å². The lowest BCUT2D eigenvalue weighted by Gasteiger charge is -2.15. The Morgan fingerprint density at radius 3 is 2.28 bits per heavy atom. The minimum Gasteiger partial charge on any atom is -0.480 e. The molecule has 1 amide bonds. The van der Waals surface area contributed by atoms with Crippen molar-refractivity contribution >= 4 is 12.1 Å². The van der Waals surface area contributed by atoms with E-state index >= 15 is 0 Å². The van der Waals surface area contributed by atoms with Crippen molar-refractivity contribution < 1.29 is 41.4 Å². The first-order valence-corrected chi connectivity index (χ1v) is 6.88. The largest absolute Gasteiger partial charge is 0.480 e. The number of benzene rings is 1. The summed E-state index contributed by atoms with van der Waals surface area (Å²) in [5, 5.41) is 11.0. The van der Waals surface area contributed by atoms with Gasteiger partial charge in [0.2, 0.25) is 0 Å². The first-order chi connectivity index (χ1) is 11.6. The van der Waals surface area contributed by atoms with Gasteiger partial charge in [-0.25, -0.2) is 18.4 Å². The number of ether oxygens (including phenoxy) is 1. The Balaban J connectivity index is 2.82. The van der Waals surface area contributed by atoms with E-state index in [2.05, 4.69) is 11.3 Å². The van der Waals surface area contributed by atoms with E-state index in [9.17, 15) is 31.5 Å². The second-order valence-electron chi connectivity index (χ2n) is 4.89. The molecule has 1 aromatic carbocycles. The lowest BCUT2D eigenvalue weighted by Crippen LogP contribution is -2.41. The predicted octanol–water partition coefficient (Wildman–Crippen LogP) is 3.28. The lowest BCUT2D eigenvalue weighted by molar-refractivity contribution is -0.142. The summed E-state index contributed by atoms with van der Waals surface area (Å²) in [6.07, 6.45) is -5.58. The molecule has 1 atom stereocenters. The number of amides is 1. The summed E-state index contributed by atoms with van der Waals surface area (Å²) in [5.74, 6) is -5.04. The van der Waals surface area contributed by atoms with Crippen LogP contribution in [0.1, 0.15) is 17.5 Å². The molecule has 0 fully saturated rings. The number of halogens is 5. The number of aliphatic carboxylic acids is 1. The summed E-state index contributed by atoms with van der Waals surface area (Å²) in [6.45, 7) is 3.13. The fourth-order valence-corrected chi connectivity index (χ4v) is 1.93. The van der Waals surface area contributed by atoms with E-state index in [1.165, 1.54) is 6.08 Å². The van der Waals surface area contributed by atoms with E-state index in [0.717, 1.165) is 0 Å². The normalized spacial score (nSPS) is 12.4. The fraction of sp³-hybridized carbons (Fsp3) is 0.333. The van der Waals surface area contributed by atoms with E-state index in [4.69, 9.17) is 5.11 Å². The Kier molecular flexibility index (Phi) is 6.89. The van der Waals surface area contributed by atoms with E-state index in [0.29, 0.717) is 12.1 Å². The summed E-state index contributed by atoms with van der Waals surface area (Å²) >= 11 is 0. The van der Waals surface area contributed by atoms with Gasteiger partial charge < -0.3 is 15.2 Å². The molecule has 0 bridgehead atoms. The number of aryl methyl sites for hydroxylation is 1. The molecule has 2 N–H and O–H groups in total. The summed E-state index contributed by atoms with van der Waals surface area (Å²) in [7, 11) is 0. The lowest BCUT2D eigenvalue weighted by atomic mass is 10.0. The van der Waals surface area contributed by atoms with Crippen LogP contribution in [0.4, 0.5) is 26.7 Å². The Morgan fingerprint density at radius 2 is 1.84 bits per heavy atom. The average molecular weight is 367 g/mol. The zero-order chi connectivity index (χ0) is 19.2. The maximum atomic E-state index is 13.5. The van der Waals surface area contributed by atoms with Crippen molar-refractivity contribution in [1.29, 1.82) is 0 Å². The topological polar surface area (TPSA) is 75.6 Å². The third-order valence-electron chi connectivity index (χ3n) is 3.03. The van der Waals surface area contributed by atoms with Crippen molar-refractivity contribution in [3.05, 3.63) is 47.5 Å². The predicted molar refractivity (Wildman–Crippen MR) is 75.8 cm³/mol. The average Bonchev–Trinajstić information content (AvgIpc) is 2.46. The summed E-state index contributed by atoms with van der Waals surface area (Å²) in [6, 6.07) is -0.507. The van der Waals surface area contributed by atoms with E-state index in [1.54, 1.807) is 0 Å². The molecule has 0 aliphatic carbocycles. The minimum atomic E-state index is -5.19. The maximum absolute atomic E-state index is 13.5. The number of nitrogens with one attached hydrogen (secondary N) is 1. The standard InChI is InChI=1S/C15H14F5NO4/c1-2-5-25-14(24)21-11(13(22)23)4-3-8-6-9(16)12(10(17)7-8)15(18,19)20/h2,6-7,11H,1,3-5H2,(H,21,24)(H,22,23). The summed E-state index contributed by atoms with van der Waals surface area (Å²) < 4.78 is 68.9. The number of alkyl carbamates (subject to hydrolysis) is 1. The maximum Gasteiger partial charge on any atom is 0.422 e. The van der Waals surface area contributed by atoms with Gasteiger partial charge in [0.25, 0.3) is 0 Å². The Labute approximate surface area is 139 Å². The first kappa shape index (κ1) is 20.4. The van der Waals surface area contributed by atoms with Crippen LogP contribution in [0.2, 0.25) is 0 Å². The van der Waals surface area contributed by atoms with Crippen molar-refractivity contribution in [2.45, 2.75) is 25.1 Å². The molecule has 1 unspecified atom stereocenters. The van der Waals surface area contributed by atoms with Gasteiger partial charge in [-0.1, -0.05) is 12.7 Å². The number of rotatable bonds is 7. The van der Waals surface area contributed by atoms with Crippen LogP contribution in [0, 0.1) is 11.6 Å². The number of carboxylic acids is 1. The smallest absolute Gasteiger partial charge is 0.422 e. The zero-order valence-electron chi connectivity index (χ0n) is 12.7. The van der Waals surface area contributed by atoms with Crippen molar-refractivity contribution in [3.8, 4) is 0 Å². The highest BCUT2D eigenvalue weighted by Gasteiger charge is 2.37.